The Morgan fingerprint density at radius 1 is 1.33 bits per heavy atom. The van der Waals surface area contributed by atoms with Crippen LogP contribution in [0, 0.1) is 11.8 Å². The molecule has 0 aliphatic heterocycles. The second-order valence-corrected chi connectivity index (χ2v) is 5.82. The van der Waals surface area contributed by atoms with Crippen molar-refractivity contribution in [2.24, 2.45) is 11.8 Å². The summed E-state index contributed by atoms with van der Waals surface area (Å²) in [5, 5.41) is 2.90. The van der Waals surface area contributed by atoms with Crippen LogP contribution in [0.1, 0.15) is 47.5 Å². The van der Waals surface area contributed by atoms with E-state index in [-0.39, 0.29) is 6.09 Å². The Hall–Kier alpha value is -0.730. The van der Waals surface area contributed by atoms with Gasteiger partial charge >= 0.3 is 6.09 Å². The number of nitrogens with one attached hydrogen (secondary N) is 1. The number of carbonyl (C=O) groups is 1. The second-order valence-electron chi connectivity index (χ2n) is 5.82. The molecule has 0 unspecified atom stereocenters. The Morgan fingerprint density at radius 3 is 2.27 bits per heavy atom. The molecule has 1 aliphatic carbocycles. The van der Waals surface area contributed by atoms with Crippen LogP contribution in [0.25, 0.3) is 0 Å². The zero-order valence-electron chi connectivity index (χ0n) is 10.5. The van der Waals surface area contributed by atoms with E-state index in [9.17, 15) is 4.79 Å². The molecule has 3 heteroatoms. The van der Waals surface area contributed by atoms with Crippen molar-refractivity contribution in [1.29, 1.82) is 0 Å². The molecular weight excluding hydrogens is 190 g/mol. The molecule has 0 spiro atoms. The van der Waals surface area contributed by atoms with Gasteiger partial charge in [-0.1, -0.05) is 13.8 Å². The van der Waals surface area contributed by atoms with Gasteiger partial charge in [-0.2, -0.15) is 0 Å². The number of carbonyl (C=O) groups excluding carboxylic acids is 1. The van der Waals surface area contributed by atoms with E-state index in [2.05, 4.69) is 19.2 Å². The number of hydrogen-bond donors (Lipinski definition) is 1. The fourth-order valence-electron chi connectivity index (χ4n) is 1.80. The van der Waals surface area contributed by atoms with Gasteiger partial charge < -0.3 is 10.1 Å². The molecule has 0 aromatic heterocycles. The van der Waals surface area contributed by atoms with Crippen molar-refractivity contribution in [2.75, 3.05) is 0 Å². The number of ether oxygens (including phenoxy) is 1. The molecule has 1 rings (SSSR count). The molecule has 0 aromatic carbocycles. The largest absolute Gasteiger partial charge is 0.444 e. The average Bonchev–Trinajstić information content (AvgIpc) is 1.91. The quantitative estimate of drug-likeness (QED) is 0.766. The Kier molecular flexibility index (Phi) is 3.63. The lowest BCUT2D eigenvalue weighted by Gasteiger charge is -2.38. The zero-order chi connectivity index (χ0) is 11.6. The second kappa shape index (κ2) is 4.42. The van der Waals surface area contributed by atoms with Gasteiger partial charge in [-0.15, -0.1) is 0 Å². The standard InChI is InChI=1S/C12H23NO2/c1-8(2)9-6-10(7-9)13-11(14)15-12(3,4)5/h8-10H,6-7H2,1-5H3,(H,13,14)/t9-,10-. The molecule has 1 saturated carbocycles. The smallest absolute Gasteiger partial charge is 0.407 e. The lowest BCUT2D eigenvalue weighted by molar-refractivity contribution is 0.0432. The SMILES string of the molecule is CC(C)[C@H]1C[C@H](NC(=O)OC(C)(C)C)C1. The van der Waals surface area contributed by atoms with Gasteiger partial charge in [0.25, 0.3) is 0 Å². The highest BCUT2D eigenvalue weighted by Gasteiger charge is 2.33. The van der Waals surface area contributed by atoms with E-state index in [1.165, 1.54) is 0 Å². The van der Waals surface area contributed by atoms with Crippen LogP contribution in [0.3, 0.4) is 0 Å². The molecule has 88 valence electrons. The zero-order valence-corrected chi connectivity index (χ0v) is 10.5. The number of amides is 1. The summed E-state index contributed by atoms with van der Waals surface area (Å²) in [7, 11) is 0. The number of rotatable bonds is 2. The van der Waals surface area contributed by atoms with Crippen molar-refractivity contribution < 1.29 is 9.53 Å². The molecule has 0 saturated heterocycles. The van der Waals surface area contributed by atoms with Gasteiger partial charge in [-0.25, -0.2) is 4.79 Å². The maximum absolute atomic E-state index is 11.4. The van der Waals surface area contributed by atoms with E-state index in [1.54, 1.807) is 0 Å². The minimum Gasteiger partial charge on any atom is -0.444 e. The van der Waals surface area contributed by atoms with Gasteiger partial charge in [0.05, 0.1) is 0 Å². The fourth-order valence-corrected chi connectivity index (χ4v) is 1.80. The monoisotopic (exact) mass is 213 g/mol. The molecule has 1 fully saturated rings. The third kappa shape index (κ3) is 4.10. The van der Waals surface area contributed by atoms with Gasteiger partial charge in [0.15, 0.2) is 0 Å². The molecule has 0 heterocycles. The molecule has 0 bridgehead atoms. The predicted molar refractivity (Wildman–Crippen MR) is 60.7 cm³/mol. The first kappa shape index (κ1) is 12.3. The lowest BCUT2D eigenvalue weighted by Crippen LogP contribution is -2.47. The number of hydrogen-bond acceptors (Lipinski definition) is 2. The first-order valence-electron chi connectivity index (χ1n) is 5.77. The highest BCUT2D eigenvalue weighted by Crippen LogP contribution is 2.33. The molecule has 0 aromatic rings. The average molecular weight is 213 g/mol. The molecule has 0 radical (unpaired) electrons. The topological polar surface area (TPSA) is 38.3 Å². The van der Waals surface area contributed by atoms with Crippen molar-refractivity contribution in [3.63, 3.8) is 0 Å². The van der Waals surface area contributed by atoms with Crippen LogP contribution in [-0.2, 0) is 4.74 Å². The van der Waals surface area contributed by atoms with Gasteiger partial charge in [-0.3, -0.25) is 0 Å². The summed E-state index contributed by atoms with van der Waals surface area (Å²) in [6.07, 6.45) is 1.91. The number of alkyl carbamates (subject to hydrolysis) is 1. The Labute approximate surface area is 92.6 Å². The third-order valence-corrected chi connectivity index (χ3v) is 2.84. The summed E-state index contributed by atoms with van der Waals surface area (Å²) in [5.74, 6) is 1.49. The van der Waals surface area contributed by atoms with Crippen LogP contribution in [0.2, 0.25) is 0 Å². The summed E-state index contributed by atoms with van der Waals surface area (Å²) in [5.41, 5.74) is -0.398. The van der Waals surface area contributed by atoms with Crippen LogP contribution < -0.4 is 5.32 Å². The molecule has 3 nitrogen and oxygen atoms in total. The van der Waals surface area contributed by atoms with E-state index >= 15 is 0 Å². The highest BCUT2D eigenvalue weighted by molar-refractivity contribution is 5.68. The Balaban J connectivity index is 2.19. The molecular formula is C12H23NO2. The van der Waals surface area contributed by atoms with E-state index in [0.29, 0.717) is 6.04 Å². The van der Waals surface area contributed by atoms with Gasteiger partial charge in [0.2, 0.25) is 0 Å². The highest BCUT2D eigenvalue weighted by atomic mass is 16.6. The van der Waals surface area contributed by atoms with Crippen LogP contribution >= 0.6 is 0 Å². The maximum Gasteiger partial charge on any atom is 0.407 e. The summed E-state index contributed by atoms with van der Waals surface area (Å²) in [6.45, 7) is 10.1. The van der Waals surface area contributed by atoms with Crippen LogP contribution in [-0.4, -0.2) is 17.7 Å². The lowest BCUT2D eigenvalue weighted by atomic mass is 9.74. The van der Waals surface area contributed by atoms with E-state index in [1.807, 2.05) is 20.8 Å². The van der Waals surface area contributed by atoms with Crippen LogP contribution in [0.4, 0.5) is 4.79 Å². The molecule has 1 amide bonds. The van der Waals surface area contributed by atoms with Crippen molar-refractivity contribution in [2.45, 2.75) is 59.1 Å². The van der Waals surface area contributed by atoms with Crippen molar-refractivity contribution in [3.8, 4) is 0 Å². The van der Waals surface area contributed by atoms with E-state index in [4.69, 9.17) is 4.74 Å². The summed E-state index contributed by atoms with van der Waals surface area (Å²) in [6, 6.07) is 0.326. The van der Waals surface area contributed by atoms with E-state index < -0.39 is 5.60 Å². The van der Waals surface area contributed by atoms with Gasteiger partial charge in [0, 0.05) is 6.04 Å². The molecule has 0 atom stereocenters. The van der Waals surface area contributed by atoms with Crippen molar-refractivity contribution in [3.05, 3.63) is 0 Å². The Bertz CT molecular complexity index is 224. The first-order chi connectivity index (χ1) is 6.78. The summed E-state index contributed by atoms with van der Waals surface area (Å²) >= 11 is 0. The van der Waals surface area contributed by atoms with Crippen LogP contribution in [0.15, 0.2) is 0 Å². The summed E-state index contributed by atoms with van der Waals surface area (Å²) in [4.78, 5) is 11.4. The van der Waals surface area contributed by atoms with Gasteiger partial charge in [0.1, 0.15) is 5.60 Å². The maximum atomic E-state index is 11.4. The van der Waals surface area contributed by atoms with Gasteiger partial charge in [-0.05, 0) is 45.4 Å². The molecule has 1 aliphatic rings. The first-order valence-corrected chi connectivity index (χ1v) is 5.77. The van der Waals surface area contributed by atoms with Crippen molar-refractivity contribution in [1.82, 2.24) is 5.32 Å². The Morgan fingerprint density at radius 2 is 1.87 bits per heavy atom. The third-order valence-electron chi connectivity index (χ3n) is 2.84. The predicted octanol–water partition coefficient (Wildman–Crippen LogP) is 2.95. The minimum absolute atomic E-state index is 0.283. The fraction of sp³-hybridized carbons (Fsp3) is 0.917. The van der Waals surface area contributed by atoms with Crippen LogP contribution in [0.5, 0.6) is 0 Å². The molecule has 1 N–H and O–H groups in total. The van der Waals surface area contributed by atoms with Crippen molar-refractivity contribution >= 4 is 6.09 Å². The van der Waals surface area contributed by atoms with E-state index in [0.717, 1.165) is 24.7 Å². The molecule has 15 heavy (non-hydrogen) atoms. The minimum atomic E-state index is -0.398. The summed E-state index contributed by atoms with van der Waals surface area (Å²) < 4.78 is 5.19. The normalized spacial score (nSPS) is 26.0.